The van der Waals surface area contributed by atoms with E-state index in [0.29, 0.717) is 17.9 Å². The van der Waals surface area contributed by atoms with E-state index in [9.17, 15) is 4.79 Å². The number of aromatic nitrogens is 3. The lowest BCUT2D eigenvalue weighted by Gasteiger charge is -2.14. The van der Waals surface area contributed by atoms with Crippen LogP contribution in [-0.2, 0) is 11.2 Å². The fourth-order valence-corrected chi connectivity index (χ4v) is 2.23. The summed E-state index contributed by atoms with van der Waals surface area (Å²) in [5.74, 6) is -0.412. The SMILES string of the molecule is COc1nnc(CC(=O)O)n1C1CCCC1. The minimum Gasteiger partial charge on any atom is -0.481 e. The Morgan fingerprint density at radius 3 is 2.75 bits per heavy atom. The molecule has 16 heavy (non-hydrogen) atoms. The van der Waals surface area contributed by atoms with Gasteiger partial charge < -0.3 is 9.84 Å². The molecule has 1 aliphatic rings. The van der Waals surface area contributed by atoms with Crippen LogP contribution in [0.5, 0.6) is 6.01 Å². The van der Waals surface area contributed by atoms with Crippen LogP contribution in [0.15, 0.2) is 0 Å². The van der Waals surface area contributed by atoms with E-state index in [2.05, 4.69) is 10.2 Å². The van der Waals surface area contributed by atoms with Gasteiger partial charge in [-0.15, -0.1) is 5.10 Å². The van der Waals surface area contributed by atoms with E-state index in [1.54, 1.807) is 0 Å². The third-order valence-electron chi connectivity index (χ3n) is 2.92. The highest BCUT2D eigenvalue weighted by molar-refractivity contribution is 5.69. The molecule has 1 aromatic rings. The first-order valence-corrected chi connectivity index (χ1v) is 5.42. The monoisotopic (exact) mass is 225 g/mol. The van der Waals surface area contributed by atoms with E-state index in [4.69, 9.17) is 9.84 Å². The number of methoxy groups -OCH3 is 1. The molecule has 6 nitrogen and oxygen atoms in total. The summed E-state index contributed by atoms with van der Waals surface area (Å²) in [5, 5.41) is 16.5. The van der Waals surface area contributed by atoms with E-state index in [0.717, 1.165) is 12.8 Å². The maximum Gasteiger partial charge on any atom is 0.316 e. The van der Waals surface area contributed by atoms with Crippen LogP contribution in [-0.4, -0.2) is 33.0 Å². The van der Waals surface area contributed by atoms with Crippen molar-refractivity contribution in [2.45, 2.75) is 38.1 Å². The quantitative estimate of drug-likeness (QED) is 0.828. The molecule has 0 unspecified atom stereocenters. The van der Waals surface area contributed by atoms with E-state index in [-0.39, 0.29) is 6.42 Å². The maximum absolute atomic E-state index is 10.7. The minimum atomic E-state index is -0.894. The first-order valence-electron chi connectivity index (χ1n) is 5.42. The number of carboxylic acid groups (broad SMARTS) is 1. The summed E-state index contributed by atoms with van der Waals surface area (Å²) in [4.78, 5) is 10.7. The van der Waals surface area contributed by atoms with Gasteiger partial charge in [0, 0.05) is 6.04 Å². The standard InChI is InChI=1S/C10H15N3O3/c1-16-10-12-11-8(6-9(14)15)13(10)7-4-2-3-5-7/h7H,2-6H2,1H3,(H,14,15). The lowest BCUT2D eigenvalue weighted by atomic mass is 10.2. The zero-order chi connectivity index (χ0) is 11.5. The Hall–Kier alpha value is -1.59. The van der Waals surface area contributed by atoms with E-state index in [1.165, 1.54) is 20.0 Å². The number of nitrogens with zero attached hydrogens (tertiary/aromatic N) is 3. The Labute approximate surface area is 93.2 Å². The first kappa shape index (κ1) is 10.9. The molecule has 0 spiro atoms. The number of aliphatic carboxylic acids is 1. The van der Waals surface area contributed by atoms with Crippen LogP contribution in [0.2, 0.25) is 0 Å². The van der Waals surface area contributed by atoms with Crippen LogP contribution in [0.1, 0.15) is 37.5 Å². The molecule has 1 heterocycles. The first-order chi connectivity index (χ1) is 7.72. The average molecular weight is 225 g/mol. The number of hydrogen-bond donors (Lipinski definition) is 1. The maximum atomic E-state index is 10.7. The number of carboxylic acids is 1. The molecule has 0 aromatic carbocycles. The van der Waals surface area contributed by atoms with Crippen molar-refractivity contribution in [2.75, 3.05) is 7.11 Å². The topological polar surface area (TPSA) is 77.2 Å². The highest BCUT2D eigenvalue weighted by atomic mass is 16.5. The molecule has 1 aliphatic carbocycles. The van der Waals surface area contributed by atoms with E-state index in [1.807, 2.05) is 4.57 Å². The summed E-state index contributed by atoms with van der Waals surface area (Å²) in [6.07, 6.45) is 4.31. The van der Waals surface area contributed by atoms with Gasteiger partial charge in [-0.05, 0) is 12.8 Å². The zero-order valence-electron chi connectivity index (χ0n) is 9.22. The van der Waals surface area contributed by atoms with Gasteiger partial charge in [-0.2, -0.15) is 0 Å². The molecule has 6 heteroatoms. The van der Waals surface area contributed by atoms with Crippen LogP contribution < -0.4 is 4.74 Å². The molecule has 1 N–H and O–H groups in total. The Morgan fingerprint density at radius 2 is 2.19 bits per heavy atom. The highest BCUT2D eigenvalue weighted by Crippen LogP contribution is 2.33. The number of rotatable bonds is 4. The molecule has 88 valence electrons. The van der Waals surface area contributed by atoms with Crippen molar-refractivity contribution in [3.63, 3.8) is 0 Å². The van der Waals surface area contributed by atoms with Crippen molar-refractivity contribution in [1.82, 2.24) is 14.8 Å². The van der Waals surface area contributed by atoms with Crippen LogP contribution in [0.25, 0.3) is 0 Å². The van der Waals surface area contributed by atoms with Gasteiger partial charge in [0.25, 0.3) is 0 Å². The molecule has 1 fully saturated rings. The summed E-state index contributed by atoms with van der Waals surface area (Å²) in [5.41, 5.74) is 0. The Kier molecular flexibility index (Phi) is 3.07. The van der Waals surface area contributed by atoms with Crippen LogP contribution >= 0.6 is 0 Å². The van der Waals surface area contributed by atoms with Gasteiger partial charge in [-0.25, -0.2) is 0 Å². The lowest BCUT2D eigenvalue weighted by molar-refractivity contribution is -0.136. The third kappa shape index (κ3) is 2.00. The summed E-state index contributed by atoms with van der Waals surface area (Å²) in [6.45, 7) is 0. The van der Waals surface area contributed by atoms with Gasteiger partial charge >= 0.3 is 12.0 Å². The summed E-state index contributed by atoms with van der Waals surface area (Å²) < 4.78 is 6.95. The smallest absolute Gasteiger partial charge is 0.316 e. The summed E-state index contributed by atoms with van der Waals surface area (Å²) >= 11 is 0. The highest BCUT2D eigenvalue weighted by Gasteiger charge is 2.25. The van der Waals surface area contributed by atoms with Crippen molar-refractivity contribution in [3.8, 4) is 6.01 Å². The molecule has 1 aromatic heterocycles. The number of hydrogen-bond acceptors (Lipinski definition) is 4. The van der Waals surface area contributed by atoms with Gasteiger partial charge in [0.1, 0.15) is 12.2 Å². The molecular weight excluding hydrogens is 210 g/mol. The molecule has 0 radical (unpaired) electrons. The normalized spacial score (nSPS) is 16.6. The van der Waals surface area contributed by atoms with Crippen LogP contribution in [0.3, 0.4) is 0 Å². The Bertz CT molecular complexity index is 383. The predicted molar refractivity (Wildman–Crippen MR) is 55.4 cm³/mol. The number of ether oxygens (including phenoxy) is 1. The van der Waals surface area contributed by atoms with Gasteiger partial charge in [-0.3, -0.25) is 9.36 Å². The van der Waals surface area contributed by atoms with E-state index >= 15 is 0 Å². The molecule has 0 saturated heterocycles. The largest absolute Gasteiger partial charge is 0.481 e. The molecule has 0 bridgehead atoms. The fourth-order valence-electron chi connectivity index (χ4n) is 2.23. The van der Waals surface area contributed by atoms with Crippen LogP contribution in [0.4, 0.5) is 0 Å². The van der Waals surface area contributed by atoms with Gasteiger partial charge in [0.05, 0.1) is 7.11 Å². The Balaban J connectivity index is 2.29. The average Bonchev–Trinajstić information content (AvgIpc) is 2.84. The second-order valence-corrected chi connectivity index (χ2v) is 3.98. The molecule has 2 rings (SSSR count). The van der Waals surface area contributed by atoms with Gasteiger partial charge in [-0.1, -0.05) is 17.9 Å². The fraction of sp³-hybridized carbons (Fsp3) is 0.700. The predicted octanol–water partition coefficient (Wildman–Crippen LogP) is 1.03. The van der Waals surface area contributed by atoms with Crippen molar-refractivity contribution in [2.24, 2.45) is 0 Å². The number of carbonyl (C=O) groups is 1. The minimum absolute atomic E-state index is 0.104. The summed E-state index contributed by atoms with van der Waals surface area (Å²) in [6, 6.07) is 0.711. The molecular formula is C10H15N3O3. The van der Waals surface area contributed by atoms with Crippen molar-refractivity contribution >= 4 is 5.97 Å². The van der Waals surface area contributed by atoms with E-state index < -0.39 is 5.97 Å². The lowest BCUT2D eigenvalue weighted by Crippen LogP contribution is -2.14. The van der Waals surface area contributed by atoms with Gasteiger partial charge in [0.15, 0.2) is 0 Å². The second kappa shape index (κ2) is 4.51. The van der Waals surface area contributed by atoms with Crippen molar-refractivity contribution in [1.29, 1.82) is 0 Å². The molecule has 0 atom stereocenters. The molecule has 0 amide bonds. The molecule has 1 saturated carbocycles. The zero-order valence-corrected chi connectivity index (χ0v) is 9.22. The molecule has 0 aliphatic heterocycles. The van der Waals surface area contributed by atoms with Crippen molar-refractivity contribution in [3.05, 3.63) is 5.82 Å². The second-order valence-electron chi connectivity index (χ2n) is 3.98. The van der Waals surface area contributed by atoms with Crippen molar-refractivity contribution < 1.29 is 14.6 Å². The summed E-state index contributed by atoms with van der Waals surface area (Å²) in [7, 11) is 1.53. The third-order valence-corrected chi connectivity index (χ3v) is 2.92. The Morgan fingerprint density at radius 1 is 1.50 bits per heavy atom. The van der Waals surface area contributed by atoms with Gasteiger partial charge in [0.2, 0.25) is 0 Å². The van der Waals surface area contributed by atoms with Crippen LogP contribution in [0, 0.1) is 0 Å².